The molecular weight excluding hydrogens is 440 g/mol. The second kappa shape index (κ2) is 9.51. The lowest BCUT2D eigenvalue weighted by Gasteiger charge is -2.44. The van der Waals surface area contributed by atoms with Crippen molar-refractivity contribution in [3.8, 4) is 5.75 Å². The zero-order chi connectivity index (χ0) is 23.8. The molecule has 4 aliphatic rings. The molecular formula is C27H34N6O2. The Morgan fingerprint density at radius 2 is 1.86 bits per heavy atom. The lowest BCUT2D eigenvalue weighted by molar-refractivity contribution is 0.0621. The minimum atomic E-state index is -0.00202. The van der Waals surface area contributed by atoms with Crippen molar-refractivity contribution in [3.05, 3.63) is 53.9 Å². The fourth-order valence-electron chi connectivity index (χ4n) is 5.97. The number of rotatable bonds is 6. The van der Waals surface area contributed by atoms with Gasteiger partial charge in [-0.15, -0.1) is 0 Å². The van der Waals surface area contributed by atoms with E-state index in [0.29, 0.717) is 11.5 Å². The standard InChI is InChI=1S/C27H34N6O2/c1-35-24-8-3-2-7-23(24)33-15-13-32(14-16-33)18-25-28-21-6-4-5-20(26(21)30-25)27(34)29-22-17-31-11-9-19(22)10-12-31/h2-8,19,22H,9-18H2,1H3,(H,28,30)(H,29,34). The number of nitrogens with one attached hydrogen (secondary N) is 2. The third-order valence-corrected chi connectivity index (χ3v) is 7.95. The van der Waals surface area contributed by atoms with Gasteiger partial charge in [0.15, 0.2) is 0 Å². The molecule has 4 fully saturated rings. The molecule has 4 aliphatic heterocycles. The zero-order valence-electron chi connectivity index (χ0n) is 20.4. The maximum absolute atomic E-state index is 13.2. The molecule has 3 aromatic rings. The molecule has 8 nitrogen and oxygen atoms in total. The van der Waals surface area contributed by atoms with Gasteiger partial charge in [0.1, 0.15) is 17.1 Å². The fourth-order valence-corrected chi connectivity index (χ4v) is 5.97. The summed E-state index contributed by atoms with van der Waals surface area (Å²) in [6, 6.07) is 14.3. The monoisotopic (exact) mass is 474 g/mol. The average Bonchev–Trinajstić information content (AvgIpc) is 3.32. The number of hydrogen-bond acceptors (Lipinski definition) is 6. The number of ether oxygens (including phenoxy) is 1. The van der Waals surface area contributed by atoms with Gasteiger partial charge in [-0.1, -0.05) is 18.2 Å². The minimum Gasteiger partial charge on any atom is -0.495 e. The molecule has 2 bridgehead atoms. The number of nitrogens with zero attached hydrogens (tertiary/aromatic N) is 4. The van der Waals surface area contributed by atoms with Crippen molar-refractivity contribution in [1.82, 2.24) is 25.1 Å². The highest BCUT2D eigenvalue weighted by molar-refractivity contribution is 6.05. The Morgan fingerprint density at radius 3 is 2.60 bits per heavy atom. The van der Waals surface area contributed by atoms with Crippen molar-refractivity contribution in [3.63, 3.8) is 0 Å². The van der Waals surface area contributed by atoms with Crippen LogP contribution in [0.3, 0.4) is 0 Å². The Kier molecular flexibility index (Phi) is 6.08. The van der Waals surface area contributed by atoms with Crippen LogP contribution in [0.1, 0.15) is 29.0 Å². The second-order valence-electron chi connectivity index (χ2n) is 10.0. The van der Waals surface area contributed by atoms with E-state index < -0.39 is 0 Å². The summed E-state index contributed by atoms with van der Waals surface area (Å²) in [4.78, 5) is 28.8. The van der Waals surface area contributed by atoms with Gasteiger partial charge in [0.05, 0.1) is 30.4 Å². The molecule has 1 amide bonds. The first-order valence-electron chi connectivity index (χ1n) is 12.8. The number of fused-ring (bicyclic) bond motifs is 4. The van der Waals surface area contributed by atoms with Crippen molar-refractivity contribution in [2.24, 2.45) is 5.92 Å². The van der Waals surface area contributed by atoms with Gasteiger partial charge in [-0.3, -0.25) is 9.69 Å². The van der Waals surface area contributed by atoms with Gasteiger partial charge < -0.3 is 24.8 Å². The Balaban J connectivity index is 1.11. The van der Waals surface area contributed by atoms with Crippen LogP contribution in [0.4, 0.5) is 5.69 Å². The van der Waals surface area contributed by atoms with Crippen molar-refractivity contribution >= 4 is 22.6 Å². The summed E-state index contributed by atoms with van der Waals surface area (Å²) in [7, 11) is 1.72. The summed E-state index contributed by atoms with van der Waals surface area (Å²) in [5.74, 6) is 2.43. The topological polar surface area (TPSA) is 76.7 Å². The number of imidazole rings is 1. The van der Waals surface area contributed by atoms with Crippen LogP contribution in [0.15, 0.2) is 42.5 Å². The lowest BCUT2D eigenvalue weighted by atomic mass is 9.84. The third kappa shape index (κ3) is 4.48. The van der Waals surface area contributed by atoms with E-state index in [1.54, 1.807) is 7.11 Å². The molecule has 1 aromatic heterocycles. The first kappa shape index (κ1) is 22.4. The zero-order valence-corrected chi connectivity index (χ0v) is 20.4. The lowest BCUT2D eigenvalue weighted by Crippen LogP contribution is -2.57. The molecule has 1 atom stereocenters. The van der Waals surface area contributed by atoms with Gasteiger partial charge in [-0.05, 0) is 56.1 Å². The fraction of sp³-hybridized carbons (Fsp3) is 0.481. The van der Waals surface area contributed by atoms with E-state index >= 15 is 0 Å². The van der Waals surface area contributed by atoms with E-state index in [2.05, 4.69) is 37.1 Å². The van der Waals surface area contributed by atoms with Crippen molar-refractivity contribution < 1.29 is 9.53 Å². The Bertz CT molecular complexity index is 1190. The number of anilines is 1. The summed E-state index contributed by atoms with van der Waals surface area (Å²) in [6.07, 6.45) is 2.37. The number of piperazine rings is 1. The second-order valence-corrected chi connectivity index (χ2v) is 10.0. The molecule has 2 N–H and O–H groups in total. The van der Waals surface area contributed by atoms with E-state index in [1.807, 2.05) is 30.3 Å². The number of amides is 1. The minimum absolute atomic E-state index is 0.00202. The maximum atomic E-state index is 13.2. The molecule has 0 saturated carbocycles. The molecule has 5 heterocycles. The predicted molar refractivity (Wildman–Crippen MR) is 137 cm³/mol. The summed E-state index contributed by atoms with van der Waals surface area (Å²) in [5, 5.41) is 3.32. The third-order valence-electron chi connectivity index (χ3n) is 7.95. The number of methoxy groups -OCH3 is 1. The number of hydrogen-bond donors (Lipinski definition) is 2. The number of piperidine rings is 3. The molecule has 4 saturated heterocycles. The largest absolute Gasteiger partial charge is 0.495 e. The Labute approximate surface area is 206 Å². The highest BCUT2D eigenvalue weighted by atomic mass is 16.5. The molecule has 0 spiro atoms. The number of carbonyl (C=O) groups is 1. The molecule has 1 unspecified atom stereocenters. The first-order valence-corrected chi connectivity index (χ1v) is 12.8. The van der Waals surface area contributed by atoms with E-state index in [0.717, 1.165) is 67.6 Å². The quantitative estimate of drug-likeness (QED) is 0.572. The summed E-state index contributed by atoms with van der Waals surface area (Å²) in [5.41, 5.74) is 3.52. The van der Waals surface area contributed by atoms with Gasteiger partial charge in [-0.25, -0.2) is 4.98 Å². The molecule has 2 aromatic carbocycles. The number of H-pyrrole nitrogens is 1. The van der Waals surface area contributed by atoms with Gasteiger partial charge >= 0.3 is 0 Å². The molecule has 184 valence electrons. The average molecular weight is 475 g/mol. The van der Waals surface area contributed by atoms with Crippen molar-refractivity contribution in [2.75, 3.05) is 57.8 Å². The smallest absolute Gasteiger partial charge is 0.253 e. The summed E-state index contributed by atoms with van der Waals surface area (Å²) < 4.78 is 5.54. The number of aromatic amines is 1. The van der Waals surface area contributed by atoms with Crippen molar-refractivity contribution in [1.29, 1.82) is 0 Å². The van der Waals surface area contributed by atoms with Gasteiger partial charge in [0, 0.05) is 38.8 Å². The molecule has 7 rings (SSSR count). The molecule has 8 heteroatoms. The number of para-hydroxylation sites is 3. The van der Waals surface area contributed by atoms with Crippen LogP contribution >= 0.6 is 0 Å². The molecule has 35 heavy (non-hydrogen) atoms. The van der Waals surface area contributed by atoms with Crippen LogP contribution in [0.2, 0.25) is 0 Å². The maximum Gasteiger partial charge on any atom is 0.253 e. The van der Waals surface area contributed by atoms with Crippen LogP contribution in [0, 0.1) is 5.92 Å². The SMILES string of the molecule is COc1ccccc1N1CCN(Cc2nc3c(C(=O)NC4CN5CCC4CC5)cccc3[nH]2)CC1. The van der Waals surface area contributed by atoms with E-state index in [-0.39, 0.29) is 11.9 Å². The molecule has 0 aliphatic carbocycles. The van der Waals surface area contributed by atoms with Crippen LogP contribution in [-0.2, 0) is 6.54 Å². The Hall–Kier alpha value is -3.10. The molecule has 0 radical (unpaired) electrons. The highest BCUT2D eigenvalue weighted by Crippen LogP contribution is 2.29. The van der Waals surface area contributed by atoms with Gasteiger partial charge in [-0.2, -0.15) is 0 Å². The number of carbonyl (C=O) groups excluding carboxylic acids is 1. The Morgan fingerprint density at radius 1 is 1.06 bits per heavy atom. The summed E-state index contributed by atoms with van der Waals surface area (Å²) >= 11 is 0. The van der Waals surface area contributed by atoms with Crippen LogP contribution in [0.25, 0.3) is 11.0 Å². The summed E-state index contributed by atoms with van der Waals surface area (Å²) in [6.45, 7) is 7.82. The van der Waals surface area contributed by atoms with Crippen molar-refractivity contribution in [2.45, 2.75) is 25.4 Å². The normalized spacial score (nSPS) is 24.6. The van der Waals surface area contributed by atoms with Crippen LogP contribution in [-0.4, -0.2) is 84.6 Å². The number of benzene rings is 2. The number of aromatic nitrogens is 2. The van der Waals surface area contributed by atoms with Gasteiger partial charge in [0.25, 0.3) is 5.91 Å². The van der Waals surface area contributed by atoms with Gasteiger partial charge in [0.2, 0.25) is 0 Å². The predicted octanol–water partition coefficient (Wildman–Crippen LogP) is 2.72. The first-order chi connectivity index (χ1) is 17.2. The van der Waals surface area contributed by atoms with E-state index in [4.69, 9.17) is 9.72 Å². The van der Waals surface area contributed by atoms with Crippen LogP contribution < -0.4 is 15.0 Å². The van der Waals surface area contributed by atoms with Crippen LogP contribution in [0.5, 0.6) is 5.75 Å². The van der Waals surface area contributed by atoms with E-state index in [9.17, 15) is 4.79 Å². The van der Waals surface area contributed by atoms with E-state index in [1.165, 1.54) is 25.9 Å². The highest BCUT2D eigenvalue weighted by Gasteiger charge is 2.35.